The molecule has 94 valence electrons. The summed E-state index contributed by atoms with van der Waals surface area (Å²) in [6.45, 7) is 1.42. The van der Waals surface area contributed by atoms with E-state index in [1.807, 2.05) is 0 Å². The largest absolute Gasteiger partial charge is 0.429 e. The average Bonchev–Trinajstić information content (AvgIpc) is 2.29. The lowest BCUT2D eigenvalue weighted by molar-refractivity contribution is -0.149. The topological polar surface area (TPSA) is 66.9 Å². The minimum atomic E-state index is -0.521. The van der Waals surface area contributed by atoms with Gasteiger partial charge in [0.2, 0.25) is 0 Å². The number of piperidine rings is 2. The summed E-state index contributed by atoms with van der Waals surface area (Å²) >= 11 is 0. The Balaban J connectivity index is 1.83. The molecule has 2 saturated heterocycles. The molecule has 1 amide bonds. The van der Waals surface area contributed by atoms with Crippen LogP contribution in [-0.4, -0.2) is 53.8 Å². The van der Waals surface area contributed by atoms with Crippen LogP contribution >= 0.6 is 0 Å². The number of nitrogens with zero attached hydrogens (tertiary/aromatic N) is 2. The predicted molar refractivity (Wildman–Crippen MR) is 58.1 cm³/mol. The Kier molecular flexibility index (Phi) is 3.73. The monoisotopic (exact) mass is 240 g/mol. The molecule has 2 fully saturated rings. The maximum absolute atomic E-state index is 11.7. The fourth-order valence-corrected chi connectivity index (χ4v) is 2.05. The summed E-state index contributed by atoms with van der Waals surface area (Å²) in [6.07, 6.45) is 1.97. The summed E-state index contributed by atoms with van der Waals surface area (Å²) in [6, 6.07) is 0. The van der Waals surface area contributed by atoms with E-state index in [-0.39, 0.29) is 24.7 Å². The number of ketones is 2. The minimum Gasteiger partial charge on any atom is -0.350 e. The molecule has 0 aromatic carbocycles. The Morgan fingerprint density at radius 2 is 1.65 bits per heavy atom. The summed E-state index contributed by atoms with van der Waals surface area (Å²) in [5.74, 6) is 0.140. The zero-order valence-electron chi connectivity index (χ0n) is 9.68. The smallest absolute Gasteiger partial charge is 0.350 e. The third-order valence-corrected chi connectivity index (χ3v) is 2.93. The van der Waals surface area contributed by atoms with Crippen LogP contribution < -0.4 is 0 Å². The molecule has 0 atom stereocenters. The second-order valence-electron chi connectivity index (χ2n) is 4.43. The maximum atomic E-state index is 11.7. The zero-order valence-corrected chi connectivity index (χ0v) is 9.68. The molecule has 0 N–H and O–H groups in total. The predicted octanol–water partition coefficient (Wildman–Crippen LogP) is 0.368. The fraction of sp³-hybridized carbons (Fsp3) is 0.727. The molecular formula is C11H16N2O4. The van der Waals surface area contributed by atoms with Crippen LogP contribution in [0.15, 0.2) is 0 Å². The second kappa shape index (κ2) is 5.27. The zero-order chi connectivity index (χ0) is 12.3. The van der Waals surface area contributed by atoms with E-state index >= 15 is 0 Å². The lowest BCUT2D eigenvalue weighted by Gasteiger charge is -2.29. The van der Waals surface area contributed by atoms with Gasteiger partial charge in [0, 0.05) is 25.9 Å². The number of carbonyl (C=O) groups is 3. The third-order valence-electron chi connectivity index (χ3n) is 2.93. The highest BCUT2D eigenvalue weighted by molar-refractivity contribution is 5.85. The second-order valence-corrected chi connectivity index (χ2v) is 4.43. The number of rotatable bonds is 1. The van der Waals surface area contributed by atoms with E-state index in [9.17, 15) is 14.4 Å². The summed E-state index contributed by atoms with van der Waals surface area (Å²) < 4.78 is 0. The van der Waals surface area contributed by atoms with Gasteiger partial charge in [-0.05, 0) is 12.8 Å². The molecule has 2 rings (SSSR count). The summed E-state index contributed by atoms with van der Waals surface area (Å²) in [4.78, 5) is 40.6. The van der Waals surface area contributed by atoms with Gasteiger partial charge in [0.25, 0.3) is 0 Å². The van der Waals surface area contributed by atoms with Crippen molar-refractivity contribution >= 4 is 17.7 Å². The van der Waals surface area contributed by atoms with Gasteiger partial charge < -0.3 is 4.84 Å². The summed E-state index contributed by atoms with van der Waals surface area (Å²) in [5.41, 5.74) is 0. The molecule has 2 aliphatic rings. The number of amides is 1. The van der Waals surface area contributed by atoms with Crippen molar-refractivity contribution in [3.8, 4) is 0 Å². The SMILES string of the molecule is O=C1CCCN(OC(=O)N2CCCC(=O)C2)C1. The van der Waals surface area contributed by atoms with Gasteiger partial charge in [-0.25, -0.2) is 4.79 Å². The molecule has 0 radical (unpaired) electrons. The molecular weight excluding hydrogens is 224 g/mol. The fourth-order valence-electron chi connectivity index (χ4n) is 2.05. The Hall–Kier alpha value is -1.43. The van der Waals surface area contributed by atoms with Crippen molar-refractivity contribution in [2.24, 2.45) is 0 Å². The summed E-state index contributed by atoms with van der Waals surface area (Å²) in [7, 11) is 0. The highest BCUT2D eigenvalue weighted by Crippen LogP contribution is 2.11. The molecule has 0 aromatic rings. The van der Waals surface area contributed by atoms with Crippen molar-refractivity contribution in [3.63, 3.8) is 0 Å². The van der Waals surface area contributed by atoms with Crippen molar-refractivity contribution in [1.82, 2.24) is 9.96 Å². The average molecular weight is 240 g/mol. The van der Waals surface area contributed by atoms with E-state index in [4.69, 9.17) is 4.84 Å². The Labute approximate surface area is 99.4 Å². The van der Waals surface area contributed by atoms with Crippen LogP contribution in [0.1, 0.15) is 25.7 Å². The van der Waals surface area contributed by atoms with Crippen molar-refractivity contribution in [2.45, 2.75) is 25.7 Å². The van der Waals surface area contributed by atoms with Gasteiger partial charge in [0.15, 0.2) is 5.78 Å². The van der Waals surface area contributed by atoms with Crippen LogP contribution in [0.3, 0.4) is 0 Å². The molecule has 0 aliphatic carbocycles. The van der Waals surface area contributed by atoms with Gasteiger partial charge in [-0.2, -0.15) is 0 Å². The van der Waals surface area contributed by atoms with Gasteiger partial charge >= 0.3 is 6.09 Å². The van der Waals surface area contributed by atoms with Gasteiger partial charge in [-0.15, -0.1) is 5.06 Å². The first-order valence-corrected chi connectivity index (χ1v) is 5.90. The third kappa shape index (κ3) is 3.26. The van der Waals surface area contributed by atoms with Crippen molar-refractivity contribution in [3.05, 3.63) is 0 Å². The van der Waals surface area contributed by atoms with Crippen LogP contribution in [0.5, 0.6) is 0 Å². The van der Waals surface area contributed by atoms with Crippen LogP contribution in [-0.2, 0) is 14.4 Å². The van der Waals surface area contributed by atoms with E-state index in [2.05, 4.69) is 0 Å². The number of hydrogen-bond acceptors (Lipinski definition) is 5. The van der Waals surface area contributed by atoms with Gasteiger partial charge in [0.1, 0.15) is 5.78 Å². The van der Waals surface area contributed by atoms with Crippen molar-refractivity contribution in [1.29, 1.82) is 0 Å². The van der Waals surface area contributed by atoms with E-state index in [0.29, 0.717) is 38.8 Å². The normalized spacial score (nSPS) is 22.7. The number of hydroxylamine groups is 2. The Morgan fingerprint density at radius 1 is 1.00 bits per heavy atom. The molecule has 0 bridgehead atoms. The molecule has 0 spiro atoms. The molecule has 0 aromatic heterocycles. The molecule has 2 heterocycles. The van der Waals surface area contributed by atoms with Crippen molar-refractivity contribution in [2.75, 3.05) is 26.2 Å². The number of Topliss-reactive ketones (excluding diaryl/α,β-unsaturated/α-hetero) is 2. The first kappa shape index (κ1) is 12.0. The Bertz CT molecular complexity index is 342. The summed E-state index contributed by atoms with van der Waals surface area (Å²) in [5, 5.41) is 1.38. The van der Waals surface area contributed by atoms with Gasteiger partial charge in [0.05, 0.1) is 13.1 Å². The van der Waals surface area contributed by atoms with Crippen molar-refractivity contribution < 1.29 is 19.2 Å². The van der Waals surface area contributed by atoms with E-state index < -0.39 is 6.09 Å². The number of likely N-dealkylation sites (tertiary alicyclic amines) is 1. The van der Waals surface area contributed by atoms with Crippen LogP contribution in [0, 0.1) is 0 Å². The molecule has 2 aliphatic heterocycles. The van der Waals surface area contributed by atoms with Gasteiger partial charge in [-0.1, -0.05) is 0 Å². The molecule has 0 unspecified atom stereocenters. The highest BCUT2D eigenvalue weighted by Gasteiger charge is 2.26. The quantitative estimate of drug-likeness (QED) is 0.662. The molecule has 6 heteroatoms. The molecule has 0 saturated carbocycles. The number of carbonyl (C=O) groups excluding carboxylic acids is 3. The van der Waals surface area contributed by atoms with Crippen LogP contribution in [0.25, 0.3) is 0 Å². The molecule has 6 nitrogen and oxygen atoms in total. The highest BCUT2D eigenvalue weighted by atomic mass is 16.7. The minimum absolute atomic E-state index is 0.0583. The standard InChI is InChI=1S/C11H16N2O4/c14-9-3-1-5-12(7-9)11(16)17-13-6-2-4-10(15)8-13/h1-8H2. The van der Waals surface area contributed by atoms with E-state index in [1.165, 1.54) is 9.96 Å². The first-order chi connectivity index (χ1) is 8.15. The van der Waals surface area contributed by atoms with Crippen LogP contribution in [0.2, 0.25) is 0 Å². The lowest BCUT2D eigenvalue weighted by atomic mass is 10.1. The number of hydrogen-bond donors (Lipinski definition) is 0. The molecule has 17 heavy (non-hydrogen) atoms. The Morgan fingerprint density at radius 3 is 2.29 bits per heavy atom. The van der Waals surface area contributed by atoms with E-state index in [1.54, 1.807) is 0 Å². The van der Waals surface area contributed by atoms with Gasteiger partial charge in [-0.3, -0.25) is 14.5 Å². The first-order valence-electron chi connectivity index (χ1n) is 5.90. The lowest BCUT2D eigenvalue weighted by Crippen LogP contribution is -2.45. The van der Waals surface area contributed by atoms with E-state index in [0.717, 1.165) is 0 Å². The van der Waals surface area contributed by atoms with Crippen LogP contribution in [0.4, 0.5) is 4.79 Å². The maximum Gasteiger partial charge on any atom is 0.429 e.